The van der Waals surface area contributed by atoms with Crippen molar-refractivity contribution in [3.8, 4) is 11.4 Å². The number of carbonyl (C=O) groups excluding carboxylic acids is 1. The fraction of sp³-hybridized carbons (Fsp3) is 0.273. The van der Waals surface area contributed by atoms with E-state index in [1.807, 2.05) is 42.5 Å². The van der Waals surface area contributed by atoms with Crippen molar-refractivity contribution in [1.29, 1.82) is 0 Å². The van der Waals surface area contributed by atoms with Gasteiger partial charge in [-0.25, -0.2) is 9.97 Å². The molecule has 3 aromatic rings. The Labute approximate surface area is 169 Å². The lowest BCUT2D eigenvalue weighted by Gasteiger charge is -2.13. The van der Waals surface area contributed by atoms with Gasteiger partial charge in [-0.05, 0) is 30.5 Å². The van der Waals surface area contributed by atoms with Crippen molar-refractivity contribution in [2.75, 3.05) is 18.5 Å². The summed E-state index contributed by atoms with van der Waals surface area (Å²) in [6.07, 6.45) is 5.69. The van der Waals surface area contributed by atoms with E-state index in [-0.39, 0.29) is 12.0 Å². The number of hydrogen-bond acceptors (Lipinski definition) is 6. The topological polar surface area (TPSA) is 89.0 Å². The van der Waals surface area contributed by atoms with Crippen LogP contribution in [0.15, 0.2) is 60.9 Å². The van der Waals surface area contributed by atoms with Gasteiger partial charge in [0.15, 0.2) is 5.82 Å². The van der Waals surface area contributed by atoms with Gasteiger partial charge in [0.05, 0.1) is 6.10 Å². The summed E-state index contributed by atoms with van der Waals surface area (Å²) >= 11 is 0. The van der Waals surface area contributed by atoms with Crippen molar-refractivity contribution >= 4 is 11.7 Å². The van der Waals surface area contributed by atoms with Gasteiger partial charge >= 0.3 is 0 Å². The summed E-state index contributed by atoms with van der Waals surface area (Å²) < 4.78 is 5.66. The Balaban J connectivity index is 1.54. The monoisotopic (exact) mass is 389 g/mol. The van der Waals surface area contributed by atoms with Crippen molar-refractivity contribution in [2.45, 2.75) is 25.5 Å². The van der Waals surface area contributed by atoms with E-state index in [4.69, 9.17) is 4.74 Å². The molecule has 148 valence electrons. The van der Waals surface area contributed by atoms with E-state index < -0.39 is 0 Å². The fourth-order valence-corrected chi connectivity index (χ4v) is 3.17. The highest BCUT2D eigenvalue weighted by Crippen LogP contribution is 2.19. The molecule has 1 saturated heterocycles. The van der Waals surface area contributed by atoms with Crippen LogP contribution in [0.25, 0.3) is 11.4 Å². The van der Waals surface area contributed by atoms with Gasteiger partial charge in [0.25, 0.3) is 5.91 Å². The first-order chi connectivity index (χ1) is 14.3. The molecule has 7 heteroatoms. The molecule has 0 radical (unpaired) electrons. The van der Waals surface area contributed by atoms with Crippen LogP contribution in [0, 0.1) is 0 Å². The van der Waals surface area contributed by atoms with Crippen molar-refractivity contribution in [2.24, 2.45) is 0 Å². The molecular weight excluding hydrogens is 366 g/mol. The highest BCUT2D eigenvalue weighted by molar-refractivity contribution is 5.93. The molecule has 4 rings (SSSR count). The molecule has 0 aliphatic carbocycles. The zero-order valence-corrected chi connectivity index (χ0v) is 16.0. The minimum atomic E-state index is -0.249. The molecule has 0 bridgehead atoms. The van der Waals surface area contributed by atoms with Crippen LogP contribution in [0.4, 0.5) is 5.82 Å². The van der Waals surface area contributed by atoms with Crippen LogP contribution in [0.5, 0.6) is 0 Å². The second kappa shape index (κ2) is 9.25. The summed E-state index contributed by atoms with van der Waals surface area (Å²) in [5, 5.41) is 6.21. The van der Waals surface area contributed by atoms with Gasteiger partial charge in [-0.15, -0.1) is 0 Å². The average molecular weight is 389 g/mol. The smallest absolute Gasteiger partial charge is 0.270 e. The first kappa shape index (κ1) is 19.0. The van der Waals surface area contributed by atoms with Gasteiger partial charge in [0, 0.05) is 43.7 Å². The maximum Gasteiger partial charge on any atom is 0.270 e. The molecule has 1 unspecified atom stereocenters. The number of carbonyl (C=O) groups is 1. The van der Waals surface area contributed by atoms with E-state index in [1.54, 1.807) is 18.5 Å². The fourth-order valence-electron chi connectivity index (χ4n) is 3.17. The number of anilines is 1. The molecule has 0 spiro atoms. The van der Waals surface area contributed by atoms with Crippen LogP contribution in [-0.2, 0) is 11.3 Å². The Bertz CT molecular complexity index is 944. The predicted molar refractivity (Wildman–Crippen MR) is 110 cm³/mol. The van der Waals surface area contributed by atoms with Crippen LogP contribution in [-0.4, -0.2) is 40.1 Å². The maximum absolute atomic E-state index is 12.7. The molecule has 29 heavy (non-hydrogen) atoms. The highest BCUT2D eigenvalue weighted by Gasteiger charge is 2.17. The summed E-state index contributed by atoms with van der Waals surface area (Å²) in [5.41, 5.74) is 2.15. The first-order valence-corrected chi connectivity index (χ1v) is 9.75. The van der Waals surface area contributed by atoms with Crippen molar-refractivity contribution in [1.82, 2.24) is 20.3 Å². The molecule has 1 aliphatic rings. The number of hydrogen-bond donors (Lipinski definition) is 2. The lowest BCUT2D eigenvalue weighted by molar-refractivity contribution is 0.0946. The van der Waals surface area contributed by atoms with E-state index in [0.717, 1.165) is 30.6 Å². The zero-order valence-electron chi connectivity index (χ0n) is 16.0. The van der Waals surface area contributed by atoms with Crippen molar-refractivity contribution in [3.63, 3.8) is 0 Å². The van der Waals surface area contributed by atoms with E-state index in [0.29, 0.717) is 30.4 Å². The summed E-state index contributed by atoms with van der Waals surface area (Å²) in [6, 6.07) is 15.1. The molecule has 2 N–H and O–H groups in total. The van der Waals surface area contributed by atoms with Gasteiger partial charge in [-0.1, -0.05) is 30.3 Å². The van der Waals surface area contributed by atoms with Gasteiger partial charge < -0.3 is 15.4 Å². The third-order valence-corrected chi connectivity index (χ3v) is 4.73. The second-order valence-electron chi connectivity index (χ2n) is 6.88. The van der Waals surface area contributed by atoms with Crippen LogP contribution in [0.2, 0.25) is 0 Å². The molecule has 1 amide bonds. The van der Waals surface area contributed by atoms with Gasteiger partial charge in [-0.3, -0.25) is 9.78 Å². The molecule has 0 saturated carbocycles. The molecule has 1 atom stereocenters. The van der Waals surface area contributed by atoms with E-state index in [2.05, 4.69) is 25.6 Å². The number of pyridine rings is 1. The third kappa shape index (κ3) is 5.14. The highest BCUT2D eigenvalue weighted by atomic mass is 16.5. The number of nitrogens with one attached hydrogen (secondary N) is 2. The van der Waals surface area contributed by atoms with Gasteiger partial charge in [0.2, 0.25) is 0 Å². The minimum absolute atomic E-state index is 0.175. The Morgan fingerprint density at radius 2 is 1.93 bits per heavy atom. The number of benzene rings is 1. The molecule has 1 fully saturated rings. The number of amides is 1. The third-order valence-electron chi connectivity index (χ3n) is 4.73. The van der Waals surface area contributed by atoms with Gasteiger partial charge in [-0.2, -0.15) is 0 Å². The largest absolute Gasteiger partial charge is 0.376 e. The first-order valence-electron chi connectivity index (χ1n) is 9.75. The lowest BCUT2D eigenvalue weighted by Crippen LogP contribution is -2.25. The SMILES string of the molecule is O=C(NCc1ccncc1)c1cc(NCC2CCCO2)nc(-c2ccccc2)n1. The second-order valence-corrected chi connectivity index (χ2v) is 6.88. The number of rotatable bonds is 7. The van der Waals surface area contributed by atoms with Crippen molar-refractivity contribution in [3.05, 3.63) is 72.2 Å². The predicted octanol–water partition coefficient (Wildman–Crippen LogP) is 3.06. The molecule has 3 heterocycles. The zero-order chi connectivity index (χ0) is 19.9. The number of ether oxygens (including phenoxy) is 1. The summed E-state index contributed by atoms with van der Waals surface area (Å²) in [6.45, 7) is 1.86. The van der Waals surface area contributed by atoms with Crippen molar-refractivity contribution < 1.29 is 9.53 Å². The molecule has 7 nitrogen and oxygen atoms in total. The molecule has 1 aromatic carbocycles. The van der Waals surface area contributed by atoms with Gasteiger partial charge in [0.1, 0.15) is 11.5 Å². The Kier molecular flexibility index (Phi) is 6.07. The summed E-state index contributed by atoms with van der Waals surface area (Å²) in [7, 11) is 0. The normalized spacial score (nSPS) is 15.8. The molecule has 1 aliphatic heterocycles. The Morgan fingerprint density at radius 3 is 2.69 bits per heavy atom. The van der Waals surface area contributed by atoms with E-state index in [1.165, 1.54) is 0 Å². The van der Waals surface area contributed by atoms with E-state index in [9.17, 15) is 4.79 Å². The summed E-state index contributed by atoms with van der Waals surface area (Å²) in [5.74, 6) is 0.877. The quantitative estimate of drug-likeness (QED) is 0.646. The van der Waals surface area contributed by atoms with Crippen LogP contribution in [0.1, 0.15) is 28.9 Å². The molecule has 2 aromatic heterocycles. The van der Waals surface area contributed by atoms with Crippen LogP contribution in [0.3, 0.4) is 0 Å². The number of aromatic nitrogens is 3. The summed E-state index contributed by atoms with van der Waals surface area (Å²) in [4.78, 5) is 25.8. The minimum Gasteiger partial charge on any atom is -0.376 e. The molecular formula is C22H23N5O2. The van der Waals surface area contributed by atoms with Crippen LogP contribution < -0.4 is 10.6 Å². The standard InChI is InChI=1S/C22H23N5O2/c28-22(25-14-16-8-10-23-11-9-16)19-13-20(24-15-18-7-4-12-29-18)27-21(26-19)17-5-2-1-3-6-17/h1-3,5-6,8-11,13,18H,4,7,12,14-15H2,(H,25,28)(H,24,26,27). The lowest BCUT2D eigenvalue weighted by atomic mass is 10.2. The Hall–Kier alpha value is -3.32. The van der Waals surface area contributed by atoms with Crippen LogP contribution >= 0.6 is 0 Å². The Morgan fingerprint density at radius 1 is 1.10 bits per heavy atom. The maximum atomic E-state index is 12.7. The van der Waals surface area contributed by atoms with E-state index >= 15 is 0 Å². The number of nitrogens with zero attached hydrogens (tertiary/aromatic N) is 3. The average Bonchev–Trinajstić information content (AvgIpc) is 3.31.